The number of nitrogens with one attached hydrogen (secondary N) is 1. The molecule has 0 saturated heterocycles. The molecule has 0 bridgehead atoms. The van der Waals surface area contributed by atoms with Crippen LogP contribution >= 0.6 is 0 Å². The van der Waals surface area contributed by atoms with Gasteiger partial charge in [-0.25, -0.2) is 0 Å². The van der Waals surface area contributed by atoms with Crippen molar-refractivity contribution < 1.29 is 14.4 Å². The number of para-hydroxylation sites is 1. The molecule has 7 nitrogen and oxygen atoms in total. The molecule has 1 N–H and O–H groups in total. The molecular formula is C24H28N4O3. The summed E-state index contributed by atoms with van der Waals surface area (Å²) < 4.78 is 0. The van der Waals surface area contributed by atoms with Gasteiger partial charge in [0.05, 0.1) is 12.5 Å². The van der Waals surface area contributed by atoms with E-state index in [1.54, 1.807) is 41.3 Å². The standard InChI is InChI=1S/C24H28N4O3/c1-3-27(4-2)24(31)19-10-8-11-20(18-19)26-22(29)14-15-23(30)28(17-9-16-25)21-12-6-5-7-13-21/h5-8,10-13,18H,3-4,9,14-15,17H2,1-2H3,(H,26,29). The quantitative estimate of drug-likeness (QED) is 0.632. The average Bonchev–Trinajstić information content (AvgIpc) is 2.79. The van der Waals surface area contributed by atoms with Crippen LogP contribution in [0.3, 0.4) is 0 Å². The predicted molar refractivity (Wildman–Crippen MR) is 121 cm³/mol. The van der Waals surface area contributed by atoms with E-state index in [1.165, 1.54) is 4.90 Å². The van der Waals surface area contributed by atoms with Gasteiger partial charge in [-0.3, -0.25) is 14.4 Å². The molecule has 0 aliphatic carbocycles. The number of anilines is 2. The number of amides is 3. The number of hydrogen-bond acceptors (Lipinski definition) is 4. The predicted octanol–water partition coefficient (Wildman–Crippen LogP) is 3.83. The van der Waals surface area contributed by atoms with E-state index in [4.69, 9.17) is 5.26 Å². The van der Waals surface area contributed by atoms with Crippen LogP contribution in [0, 0.1) is 11.3 Å². The smallest absolute Gasteiger partial charge is 0.253 e. The minimum Gasteiger partial charge on any atom is -0.339 e. The van der Waals surface area contributed by atoms with Crippen molar-refractivity contribution in [1.29, 1.82) is 5.26 Å². The summed E-state index contributed by atoms with van der Waals surface area (Å²) in [5.41, 5.74) is 1.72. The SMILES string of the molecule is CCN(CC)C(=O)c1cccc(NC(=O)CCC(=O)N(CCC#N)c2ccccc2)c1. The third kappa shape index (κ3) is 6.96. The summed E-state index contributed by atoms with van der Waals surface area (Å²) in [4.78, 5) is 40.8. The van der Waals surface area contributed by atoms with Crippen LogP contribution in [0.5, 0.6) is 0 Å². The van der Waals surface area contributed by atoms with E-state index >= 15 is 0 Å². The molecule has 0 spiro atoms. The first-order chi connectivity index (χ1) is 15.0. The molecule has 31 heavy (non-hydrogen) atoms. The largest absolute Gasteiger partial charge is 0.339 e. The Morgan fingerprint density at radius 2 is 1.68 bits per heavy atom. The van der Waals surface area contributed by atoms with Crippen LogP contribution in [0.1, 0.15) is 43.5 Å². The molecule has 0 aliphatic heterocycles. The van der Waals surface area contributed by atoms with Gasteiger partial charge in [0.2, 0.25) is 11.8 Å². The Balaban J connectivity index is 1.98. The van der Waals surface area contributed by atoms with E-state index in [0.29, 0.717) is 30.0 Å². The fraction of sp³-hybridized carbons (Fsp3) is 0.333. The van der Waals surface area contributed by atoms with Crippen LogP contribution in [0.4, 0.5) is 11.4 Å². The van der Waals surface area contributed by atoms with Crippen molar-refractivity contribution in [2.75, 3.05) is 29.9 Å². The first-order valence-electron chi connectivity index (χ1n) is 10.4. The second kappa shape index (κ2) is 12.1. The van der Waals surface area contributed by atoms with E-state index in [0.717, 1.165) is 0 Å². The van der Waals surface area contributed by atoms with E-state index in [9.17, 15) is 14.4 Å². The van der Waals surface area contributed by atoms with Gasteiger partial charge in [0.15, 0.2) is 0 Å². The number of rotatable bonds is 10. The summed E-state index contributed by atoms with van der Waals surface area (Å²) in [6.45, 7) is 5.32. The van der Waals surface area contributed by atoms with Crippen molar-refractivity contribution in [2.45, 2.75) is 33.1 Å². The molecule has 0 aromatic heterocycles. The molecule has 3 amide bonds. The molecule has 2 aromatic carbocycles. The summed E-state index contributed by atoms with van der Waals surface area (Å²) in [7, 11) is 0. The second-order valence-electron chi connectivity index (χ2n) is 6.90. The number of benzene rings is 2. The van der Waals surface area contributed by atoms with Crippen molar-refractivity contribution >= 4 is 29.1 Å². The number of hydrogen-bond donors (Lipinski definition) is 1. The lowest BCUT2D eigenvalue weighted by Crippen LogP contribution is -2.32. The Hall–Kier alpha value is -3.66. The van der Waals surface area contributed by atoms with Gasteiger partial charge in [0, 0.05) is 49.4 Å². The molecule has 0 unspecified atom stereocenters. The highest BCUT2D eigenvalue weighted by atomic mass is 16.2. The van der Waals surface area contributed by atoms with Gasteiger partial charge in [-0.15, -0.1) is 0 Å². The first kappa shape index (κ1) is 23.6. The van der Waals surface area contributed by atoms with Gasteiger partial charge in [-0.1, -0.05) is 24.3 Å². The van der Waals surface area contributed by atoms with Crippen molar-refractivity contribution in [3.8, 4) is 6.07 Å². The molecule has 162 valence electrons. The third-order valence-electron chi connectivity index (χ3n) is 4.83. The van der Waals surface area contributed by atoms with Gasteiger partial charge in [0.25, 0.3) is 5.91 Å². The topological polar surface area (TPSA) is 93.5 Å². The highest BCUT2D eigenvalue weighted by Gasteiger charge is 2.17. The highest BCUT2D eigenvalue weighted by Crippen LogP contribution is 2.17. The maximum atomic E-state index is 12.7. The average molecular weight is 421 g/mol. The van der Waals surface area contributed by atoms with Crippen LogP contribution in [0.25, 0.3) is 0 Å². The molecule has 0 atom stereocenters. The first-order valence-corrected chi connectivity index (χ1v) is 10.4. The van der Waals surface area contributed by atoms with E-state index in [-0.39, 0.29) is 43.5 Å². The van der Waals surface area contributed by atoms with Crippen molar-refractivity contribution in [2.24, 2.45) is 0 Å². The molecule has 2 rings (SSSR count). The van der Waals surface area contributed by atoms with Crippen molar-refractivity contribution in [1.82, 2.24) is 4.90 Å². The molecule has 0 saturated carbocycles. The van der Waals surface area contributed by atoms with Crippen molar-refractivity contribution in [3.63, 3.8) is 0 Å². The lowest BCUT2D eigenvalue weighted by Gasteiger charge is -2.21. The number of carbonyl (C=O) groups excluding carboxylic acids is 3. The molecule has 0 heterocycles. The number of carbonyl (C=O) groups is 3. The zero-order valence-electron chi connectivity index (χ0n) is 18.0. The summed E-state index contributed by atoms with van der Waals surface area (Å²) in [6.07, 6.45) is 0.230. The van der Waals surface area contributed by atoms with Gasteiger partial charge < -0.3 is 15.1 Å². The minimum absolute atomic E-state index is 0.00292. The normalized spacial score (nSPS) is 10.1. The maximum absolute atomic E-state index is 12.7. The van der Waals surface area contributed by atoms with E-state index in [1.807, 2.05) is 38.1 Å². The summed E-state index contributed by atoms with van der Waals surface area (Å²) >= 11 is 0. The van der Waals surface area contributed by atoms with Crippen LogP contribution in [-0.2, 0) is 9.59 Å². The summed E-state index contributed by atoms with van der Waals surface area (Å²) in [5, 5.41) is 11.6. The minimum atomic E-state index is -0.311. The molecule has 7 heteroatoms. The second-order valence-corrected chi connectivity index (χ2v) is 6.90. The summed E-state index contributed by atoms with van der Waals surface area (Å²) in [5.74, 6) is -0.622. The van der Waals surface area contributed by atoms with Gasteiger partial charge in [-0.2, -0.15) is 5.26 Å². The van der Waals surface area contributed by atoms with E-state index in [2.05, 4.69) is 5.32 Å². The van der Waals surface area contributed by atoms with Gasteiger partial charge >= 0.3 is 0 Å². The van der Waals surface area contributed by atoms with Crippen molar-refractivity contribution in [3.05, 3.63) is 60.2 Å². The van der Waals surface area contributed by atoms with Crippen LogP contribution in [0.15, 0.2) is 54.6 Å². The van der Waals surface area contributed by atoms with Crippen LogP contribution in [0.2, 0.25) is 0 Å². The zero-order valence-corrected chi connectivity index (χ0v) is 18.0. The Bertz CT molecular complexity index is 933. The summed E-state index contributed by atoms with van der Waals surface area (Å²) in [6, 6.07) is 17.9. The van der Waals surface area contributed by atoms with Crippen LogP contribution < -0.4 is 10.2 Å². The monoisotopic (exact) mass is 420 g/mol. The van der Waals surface area contributed by atoms with Gasteiger partial charge in [-0.05, 0) is 44.2 Å². The fourth-order valence-corrected chi connectivity index (χ4v) is 3.17. The zero-order chi connectivity index (χ0) is 22.6. The molecule has 2 aromatic rings. The van der Waals surface area contributed by atoms with Crippen LogP contribution in [-0.4, -0.2) is 42.3 Å². The molecule has 0 radical (unpaired) electrons. The maximum Gasteiger partial charge on any atom is 0.253 e. The Labute approximate surface area is 183 Å². The lowest BCUT2D eigenvalue weighted by atomic mass is 10.1. The van der Waals surface area contributed by atoms with E-state index < -0.39 is 0 Å². The molecular weight excluding hydrogens is 392 g/mol. The third-order valence-corrected chi connectivity index (χ3v) is 4.83. The Morgan fingerprint density at radius 3 is 2.32 bits per heavy atom. The molecule has 0 aliphatic rings. The Morgan fingerprint density at radius 1 is 0.968 bits per heavy atom. The molecule has 0 fully saturated rings. The Kier molecular flexibility index (Phi) is 9.24. The number of nitriles is 1. The highest BCUT2D eigenvalue weighted by molar-refractivity contribution is 5.99. The fourth-order valence-electron chi connectivity index (χ4n) is 3.17. The number of nitrogens with zero attached hydrogens (tertiary/aromatic N) is 3. The lowest BCUT2D eigenvalue weighted by molar-refractivity contribution is -0.122. The van der Waals surface area contributed by atoms with Gasteiger partial charge in [0.1, 0.15) is 0 Å².